The minimum Gasteiger partial charge on any atom is -0.497 e. The number of hydrogen-bond donors (Lipinski definition) is 1. The lowest BCUT2D eigenvalue weighted by Gasteiger charge is -2.10. The van der Waals surface area contributed by atoms with Crippen molar-refractivity contribution >= 4 is 23.4 Å². The van der Waals surface area contributed by atoms with Gasteiger partial charge in [0.05, 0.1) is 12.9 Å². The second kappa shape index (κ2) is 9.44. The van der Waals surface area contributed by atoms with E-state index in [9.17, 15) is 9.18 Å². The van der Waals surface area contributed by atoms with Crippen LogP contribution in [0.4, 0.5) is 10.1 Å². The number of amides is 1. The molecule has 156 valence electrons. The molecule has 4 aromatic rings. The van der Waals surface area contributed by atoms with Gasteiger partial charge in [0.1, 0.15) is 11.6 Å². The van der Waals surface area contributed by atoms with Crippen LogP contribution in [0.25, 0.3) is 17.1 Å². The fraction of sp³-hybridized carbons (Fsp3) is 0.0870. The number of halogens is 1. The van der Waals surface area contributed by atoms with Crippen LogP contribution >= 0.6 is 11.8 Å². The van der Waals surface area contributed by atoms with E-state index >= 15 is 0 Å². The van der Waals surface area contributed by atoms with E-state index in [1.54, 1.807) is 31.4 Å². The number of aromatic nitrogens is 3. The van der Waals surface area contributed by atoms with Crippen LogP contribution in [0.1, 0.15) is 0 Å². The Balaban J connectivity index is 1.56. The Bertz CT molecular complexity index is 1180. The van der Waals surface area contributed by atoms with Crippen LogP contribution in [0.5, 0.6) is 5.75 Å². The molecule has 1 aromatic heterocycles. The molecule has 3 aromatic carbocycles. The molecule has 31 heavy (non-hydrogen) atoms. The number of anilines is 1. The van der Waals surface area contributed by atoms with E-state index in [1.165, 1.54) is 23.9 Å². The standard InChI is InChI=1S/C23H19FN4O2S/c1-30-20-9-5-6-18(14-20)25-21(29)15-31-23-27-26-22(16-10-12-17(24)13-11-16)28(23)19-7-3-2-4-8-19/h2-14H,15H2,1H3,(H,25,29). The molecular weight excluding hydrogens is 415 g/mol. The topological polar surface area (TPSA) is 69.0 Å². The highest BCUT2D eigenvalue weighted by molar-refractivity contribution is 7.99. The third kappa shape index (κ3) is 4.92. The van der Waals surface area contributed by atoms with Crippen LogP contribution in [0.3, 0.4) is 0 Å². The van der Waals surface area contributed by atoms with Gasteiger partial charge in [-0.1, -0.05) is 36.0 Å². The smallest absolute Gasteiger partial charge is 0.234 e. The van der Waals surface area contributed by atoms with Gasteiger partial charge in [-0.15, -0.1) is 10.2 Å². The molecule has 0 spiro atoms. The van der Waals surface area contributed by atoms with E-state index in [2.05, 4.69) is 15.5 Å². The van der Waals surface area contributed by atoms with E-state index in [-0.39, 0.29) is 17.5 Å². The van der Waals surface area contributed by atoms with Gasteiger partial charge in [0.25, 0.3) is 0 Å². The zero-order valence-electron chi connectivity index (χ0n) is 16.7. The number of thioether (sulfide) groups is 1. The maximum absolute atomic E-state index is 13.4. The fourth-order valence-corrected chi connectivity index (χ4v) is 3.74. The predicted molar refractivity (Wildman–Crippen MR) is 119 cm³/mol. The second-order valence-electron chi connectivity index (χ2n) is 6.55. The van der Waals surface area contributed by atoms with Crippen LogP contribution in [-0.4, -0.2) is 33.5 Å². The van der Waals surface area contributed by atoms with E-state index in [0.717, 1.165) is 11.3 Å². The van der Waals surface area contributed by atoms with Crippen molar-refractivity contribution in [3.63, 3.8) is 0 Å². The summed E-state index contributed by atoms with van der Waals surface area (Å²) in [6, 6.07) is 22.8. The van der Waals surface area contributed by atoms with E-state index in [0.29, 0.717) is 22.4 Å². The van der Waals surface area contributed by atoms with Gasteiger partial charge >= 0.3 is 0 Å². The van der Waals surface area contributed by atoms with Crippen LogP contribution in [0.2, 0.25) is 0 Å². The number of hydrogen-bond acceptors (Lipinski definition) is 5. The van der Waals surface area contributed by atoms with Crippen molar-refractivity contribution in [2.45, 2.75) is 5.16 Å². The third-order valence-electron chi connectivity index (χ3n) is 4.44. The summed E-state index contributed by atoms with van der Waals surface area (Å²) in [7, 11) is 1.58. The molecule has 0 aliphatic heterocycles. The molecule has 0 saturated heterocycles. The zero-order chi connectivity index (χ0) is 21.6. The number of benzene rings is 3. The number of methoxy groups -OCH3 is 1. The van der Waals surface area contributed by atoms with Crippen molar-refractivity contribution in [1.82, 2.24) is 14.8 Å². The summed E-state index contributed by atoms with van der Waals surface area (Å²) in [6.45, 7) is 0. The number of nitrogens with one attached hydrogen (secondary N) is 1. The molecule has 0 fully saturated rings. The van der Waals surface area contributed by atoms with Gasteiger partial charge in [0.15, 0.2) is 11.0 Å². The molecule has 0 aliphatic carbocycles. The van der Waals surface area contributed by atoms with E-state index in [4.69, 9.17) is 4.74 Å². The first-order valence-corrected chi connectivity index (χ1v) is 10.5. The quantitative estimate of drug-likeness (QED) is 0.423. The maximum atomic E-state index is 13.4. The molecule has 1 heterocycles. The Kier molecular flexibility index (Phi) is 6.28. The highest BCUT2D eigenvalue weighted by atomic mass is 32.2. The Hall–Kier alpha value is -3.65. The van der Waals surface area contributed by atoms with Crippen molar-refractivity contribution in [2.24, 2.45) is 0 Å². The molecule has 0 aliphatic rings. The zero-order valence-corrected chi connectivity index (χ0v) is 17.5. The normalized spacial score (nSPS) is 10.6. The van der Waals surface area contributed by atoms with Gasteiger partial charge in [0, 0.05) is 23.0 Å². The average molecular weight is 434 g/mol. The Labute approximate surface area is 183 Å². The minimum absolute atomic E-state index is 0.144. The number of rotatable bonds is 7. The van der Waals surface area contributed by atoms with Crippen LogP contribution in [-0.2, 0) is 4.79 Å². The molecule has 1 amide bonds. The summed E-state index contributed by atoms with van der Waals surface area (Å²) in [4.78, 5) is 12.5. The Morgan fingerprint density at radius 1 is 1.03 bits per heavy atom. The summed E-state index contributed by atoms with van der Waals surface area (Å²) < 4.78 is 20.4. The lowest BCUT2D eigenvalue weighted by Crippen LogP contribution is -2.14. The molecule has 1 N–H and O–H groups in total. The van der Waals surface area contributed by atoms with Gasteiger partial charge in [0.2, 0.25) is 5.91 Å². The van der Waals surface area contributed by atoms with Crippen molar-refractivity contribution < 1.29 is 13.9 Å². The summed E-state index contributed by atoms with van der Waals surface area (Å²) in [5.74, 6) is 0.883. The average Bonchev–Trinajstić information content (AvgIpc) is 3.23. The lowest BCUT2D eigenvalue weighted by molar-refractivity contribution is -0.113. The number of carbonyl (C=O) groups excluding carboxylic acids is 1. The van der Waals surface area contributed by atoms with Crippen molar-refractivity contribution in [3.05, 3.63) is 84.7 Å². The van der Waals surface area contributed by atoms with Crippen LogP contribution in [0, 0.1) is 5.82 Å². The highest BCUT2D eigenvalue weighted by Gasteiger charge is 2.17. The minimum atomic E-state index is -0.321. The van der Waals surface area contributed by atoms with Gasteiger partial charge in [-0.2, -0.15) is 0 Å². The number of nitrogens with zero attached hydrogens (tertiary/aromatic N) is 3. The van der Waals surface area contributed by atoms with Crippen molar-refractivity contribution in [2.75, 3.05) is 18.2 Å². The second-order valence-corrected chi connectivity index (χ2v) is 7.50. The summed E-state index contributed by atoms with van der Waals surface area (Å²) in [5.41, 5.74) is 2.23. The first-order chi connectivity index (χ1) is 15.1. The van der Waals surface area contributed by atoms with Gasteiger partial charge in [-0.3, -0.25) is 9.36 Å². The largest absolute Gasteiger partial charge is 0.497 e. The van der Waals surface area contributed by atoms with E-state index in [1.807, 2.05) is 47.0 Å². The Morgan fingerprint density at radius 2 is 1.81 bits per heavy atom. The first-order valence-electron chi connectivity index (χ1n) is 9.47. The molecule has 0 radical (unpaired) electrons. The predicted octanol–water partition coefficient (Wildman–Crippen LogP) is 4.81. The maximum Gasteiger partial charge on any atom is 0.234 e. The molecule has 8 heteroatoms. The van der Waals surface area contributed by atoms with Crippen molar-refractivity contribution in [3.8, 4) is 22.8 Å². The van der Waals surface area contributed by atoms with Crippen LogP contribution in [0.15, 0.2) is 84.0 Å². The molecule has 6 nitrogen and oxygen atoms in total. The molecule has 0 bridgehead atoms. The van der Waals surface area contributed by atoms with Crippen molar-refractivity contribution in [1.29, 1.82) is 0 Å². The van der Waals surface area contributed by atoms with Crippen LogP contribution < -0.4 is 10.1 Å². The molecule has 0 atom stereocenters. The molecule has 4 rings (SSSR count). The summed E-state index contributed by atoms with van der Waals surface area (Å²) in [6.07, 6.45) is 0. The Morgan fingerprint density at radius 3 is 2.55 bits per heavy atom. The summed E-state index contributed by atoms with van der Waals surface area (Å²) in [5, 5.41) is 12.0. The van der Waals surface area contributed by atoms with Gasteiger partial charge < -0.3 is 10.1 Å². The molecular formula is C23H19FN4O2S. The van der Waals surface area contributed by atoms with E-state index < -0.39 is 0 Å². The lowest BCUT2D eigenvalue weighted by atomic mass is 10.2. The van der Waals surface area contributed by atoms with Gasteiger partial charge in [-0.05, 0) is 48.5 Å². The highest BCUT2D eigenvalue weighted by Crippen LogP contribution is 2.28. The molecule has 0 saturated carbocycles. The SMILES string of the molecule is COc1cccc(NC(=O)CSc2nnc(-c3ccc(F)cc3)n2-c2ccccc2)c1. The molecule has 0 unspecified atom stereocenters. The fourth-order valence-electron chi connectivity index (χ4n) is 2.99. The summed E-state index contributed by atoms with van der Waals surface area (Å²) >= 11 is 1.27. The monoisotopic (exact) mass is 434 g/mol. The number of ether oxygens (including phenoxy) is 1. The first kappa shape index (κ1) is 20.6. The van der Waals surface area contributed by atoms with Gasteiger partial charge in [-0.25, -0.2) is 4.39 Å². The number of para-hydroxylation sites is 1. The number of carbonyl (C=O) groups is 1. The third-order valence-corrected chi connectivity index (χ3v) is 5.36.